The largest absolute Gasteiger partial charge is 0.573 e. The lowest BCUT2D eigenvalue weighted by atomic mass is 9.79. The van der Waals surface area contributed by atoms with E-state index < -0.39 is 228 Å². The van der Waals surface area contributed by atoms with Crippen molar-refractivity contribution in [1.29, 1.82) is 63.1 Å². The lowest BCUT2D eigenvalue weighted by molar-refractivity contribution is -0.277. The Kier molecular flexibility index (Phi) is 21.8. The topological polar surface area (TPSA) is 348 Å². The van der Waals surface area contributed by atoms with E-state index in [0.29, 0.717) is 11.1 Å². The molecule has 0 fully saturated rings. The van der Waals surface area contributed by atoms with Crippen molar-refractivity contribution in [2.24, 2.45) is 0 Å². The number of hydrogen-bond donors (Lipinski definition) is 0. The molecule has 24 nitrogen and oxygen atoms in total. The highest BCUT2D eigenvalue weighted by Crippen LogP contribution is 2.66. The van der Waals surface area contributed by atoms with Crippen LogP contribution in [0, 0.1) is 202 Å². The maximum absolute atomic E-state index is 16.1. The molecule has 38 heteroatoms. The number of nitriles is 12. The molecule has 118 heavy (non-hydrogen) atoms. The van der Waals surface area contributed by atoms with E-state index in [0.717, 1.165) is 0 Å². The number of halogens is 14. The summed E-state index contributed by atoms with van der Waals surface area (Å²) in [6, 6.07) is 33.6. The summed E-state index contributed by atoms with van der Waals surface area (Å²) in [5.74, 6) is -5.36. The monoisotopic (exact) mass is 1580 g/mol. The van der Waals surface area contributed by atoms with Gasteiger partial charge in [0.2, 0.25) is 17.1 Å². The van der Waals surface area contributed by atoms with Crippen molar-refractivity contribution in [3.8, 4) is 107 Å². The zero-order chi connectivity index (χ0) is 87.4. The fourth-order valence-corrected chi connectivity index (χ4v) is 13.4. The molecule has 6 aliphatic rings. The number of hydrogen-bond acceptors (Lipinski definition) is 14. The van der Waals surface area contributed by atoms with Crippen molar-refractivity contribution in [3.63, 3.8) is 0 Å². The number of fused-ring (bicyclic) bond motifs is 6. The van der Waals surface area contributed by atoms with Crippen LogP contribution in [0.2, 0.25) is 0 Å². The minimum Gasteiger partial charge on any atom is -0.406 e. The molecule has 0 radical (unpaired) electrons. The minimum atomic E-state index is -5.68. The maximum Gasteiger partial charge on any atom is 0.573 e. The van der Waals surface area contributed by atoms with E-state index in [1.165, 1.54) is 48.6 Å². The summed E-state index contributed by atoms with van der Waals surface area (Å²) in [6.45, 7) is 73.7. The Morgan fingerprint density at radius 2 is 0.602 bits per heavy atom. The summed E-state index contributed by atoms with van der Waals surface area (Å²) in [7, 11) is 0. The summed E-state index contributed by atoms with van der Waals surface area (Å²) in [4.78, 5) is 29.2. The summed E-state index contributed by atoms with van der Waals surface area (Å²) in [5, 5.41) is 116. The van der Waals surface area contributed by atoms with Crippen LogP contribution >= 0.6 is 0 Å². The van der Waals surface area contributed by atoms with E-state index in [9.17, 15) is 116 Å². The van der Waals surface area contributed by atoms with Crippen LogP contribution in [0.15, 0.2) is 129 Å². The zero-order valence-corrected chi connectivity index (χ0v) is 56.7. The number of alkyl halides is 12. The standard InChI is InChI=1S/C32H10F2N6.C24F6N8O2.C24F6N8/c1-39-21(16-38)26-28-22(17-9-5-3-6-10-17)25-20(15-37)30(33)24(19(13-35)14-36)27(25)23(18-11-7-4-8-12-18)29(28)32(40-2)31(26)34;1-35-11(7-33)13-9(5-31)10(6-32)14-16(13)22(40-24(28,29)30)18-17(21(14)39-23(25,26)27)15(12(8-34)36-2)19(37-3)20(18)38-4;1-35-11(7-33)13-9(5-31)10(6-32)14-16(13)20(24(28,29)30)18-17(19(14)23(25,26)27)15(12(8-34)36-2)21(37-3)22(18)38-4/h3-12H;;/b26-21-;2*13-11-,15-12-. The second-order valence-corrected chi connectivity index (χ2v) is 22.6. The molecular formula is C80H10F14N22O2. The lowest BCUT2D eigenvalue weighted by Gasteiger charge is -2.25. The normalized spacial score (nSPS) is 15.5. The molecule has 0 saturated carbocycles. The summed E-state index contributed by atoms with van der Waals surface area (Å²) in [5.41, 5.74) is -35.4. The van der Waals surface area contributed by atoms with Crippen LogP contribution in [0.3, 0.4) is 0 Å². The van der Waals surface area contributed by atoms with Gasteiger partial charge in [-0.3, -0.25) is 9.69 Å². The summed E-state index contributed by atoms with van der Waals surface area (Å²) < 4.78 is 211. The number of benzene rings is 5. The van der Waals surface area contributed by atoms with Crippen molar-refractivity contribution in [2.45, 2.75) is 25.1 Å². The van der Waals surface area contributed by atoms with E-state index in [-0.39, 0.29) is 33.4 Å². The number of ether oxygens (including phenoxy) is 2. The fraction of sp³-hybridized carbons (Fsp3) is 0.0500. The van der Waals surface area contributed by atoms with Crippen LogP contribution in [-0.2, 0) is 12.4 Å². The van der Waals surface area contributed by atoms with Crippen molar-refractivity contribution < 1.29 is 70.9 Å². The Balaban J connectivity index is 0.000000202. The molecule has 5 aromatic carbocycles. The van der Waals surface area contributed by atoms with Gasteiger partial charge in [-0.25, -0.2) is 73.9 Å². The van der Waals surface area contributed by atoms with Crippen LogP contribution in [-0.4, -0.2) is 12.7 Å². The van der Waals surface area contributed by atoms with Crippen LogP contribution < -0.4 is 9.47 Å². The summed E-state index contributed by atoms with van der Waals surface area (Å²) >= 11 is 0. The van der Waals surface area contributed by atoms with Crippen LogP contribution in [0.5, 0.6) is 11.5 Å². The van der Waals surface area contributed by atoms with Crippen molar-refractivity contribution in [3.05, 3.63) is 321 Å². The highest BCUT2D eigenvalue weighted by molar-refractivity contribution is 6.22. The second-order valence-electron chi connectivity index (χ2n) is 22.6. The predicted molar refractivity (Wildman–Crippen MR) is 372 cm³/mol. The van der Waals surface area contributed by atoms with Gasteiger partial charge < -0.3 is 9.47 Å². The molecule has 0 aromatic heterocycles. The molecule has 0 unspecified atom stereocenters. The average molecular weight is 1580 g/mol. The van der Waals surface area contributed by atoms with E-state index >= 15 is 8.78 Å². The first-order valence-electron chi connectivity index (χ1n) is 30.4. The molecule has 0 saturated heterocycles. The van der Waals surface area contributed by atoms with E-state index in [2.05, 4.69) is 57.9 Å². The molecule has 0 aliphatic heterocycles. The van der Waals surface area contributed by atoms with E-state index in [4.69, 9.17) is 65.7 Å². The van der Waals surface area contributed by atoms with E-state index in [1.54, 1.807) is 78.9 Å². The Morgan fingerprint density at radius 1 is 0.280 bits per heavy atom. The van der Waals surface area contributed by atoms with Gasteiger partial charge >= 0.3 is 25.1 Å². The summed E-state index contributed by atoms with van der Waals surface area (Å²) in [6.07, 6.45) is -22.7. The quantitative estimate of drug-likeness (QED) is 0.0917. The second kappa shape index (κ2) is 31.2. The van der Waals surface area contributed by atoms with Gasteiger partial charge in [0, 0.05) is 61.2 Å². The van der Waals surface area contributed by atoms with Gasteiger partial charge in [-0.05, 0) is 61.2 Å². The first-order valence-corrected chi connectivity index (χ1v) is 30.4. The molecule has 11 rings (SSSR count). The van der Waals surface area contributed by atoms with E-state index in [1.807, 2.05) is 6.07 Å². The predicted octanol–water partition coefficient (Wildman–Crippen LogP) is 20.3. The third-order valence-corrected chi connectivity index (χ3v) is 17.1. The number of nitrogens with zero attached hydrogens (tertiary/aromatic N) is 22. The van der Waals surface area contributed by atoms with Crippen molar-refractivity contribution in [2.75, 3.05) is 0 Å². The Morgan fingerprint density at radius 3 is 0.966 bits per heavy atom. The number of allylic oxidation sites excluding steroid dienone is 19. The lowest BCUT2D eigenvalue weighted by Crippen LogP contribution is -2.22. The first kappa shape index (κ1) is 82.4. The van der Waals surface area contributed by atoms with Gasteiger partial charge in [0.1, 0.15) is 53.2 Å². The van der Waals surface area contributed by atoms with Crippen LogP contribution in [0.4, 0.5) is 61.5 Å². The molecule has 0 bridgehead atoms. The Labute approximate surface area is 651 Å². The smallest absolute Gasteiger partial charge is 0.406 e. The molecule has 0 spiro atoms. The Hall–Kier alpha value is -19.6. The maximum atomic E-state index is 16.1. The molecule has 550 valence electrons. The van der Waals surface area contributed by atoms with Crippen molar-refractivity contribution in [1.82, 2.24) is 0 Å². The highest BCUT2D eigenvalue weighted by atomic mass is 19.4. The molecular weight excluding hydrogens is 1570 g/mol. The Bertz CT molecular complexity index is 6660. The SMILES string of the molecule is [C-]#[N+]C1=C(F)/C(=C(/C#N)[N+]#[C-])c2c1c(-c1ccccc1)c1c(c2-c2ccccc2)C(C#N)=C(F)C1=C(C#N)C#N.[C-]#[N+]C1=C([N+]#[C-])c2c(OC(F)(F)F)c3c(c(OC(F)(F)F)c2/C1=C(\C#N)[N+]#[C-])C(C#N)=C(C#N)/C3=C(\C#N)[N+]#[C-].[C-]#[N+]C1=C([N+]#[C-])c2c(c(C(F)(F)F)c3c(c2C(F)(F)F)/C(=C(/C#N)[N+]#[C-])C(C#N)=C3C#N)/C1=C(\C#N)[N+]#[C-]. The van der Waals surface area contributed by atoms with Crippen LogP contribution in [0.25, 0.3) is 138 Å². The van der Waals surface area contributed by atoms with Gasteiger partial charge in [-0.2, -0.15) is 63.2 Å². The third-order valence-electron chi connectivity index (χ3n) is 17.1. The zero-order valence-electron chi connectivity index (χ0n) is 56.7. The highest BCUT2D eigenvalue weighted by Gasteiger charge is 2.55. The molecule has 0 heterocycles. The van der Waals surface area contributed by atoms with Gasteiger partial charge in [0.05, 0.1) is 147 Å². The number of rotatable bonds is 4. The van der Waals surface area contributed by atoms with Gasteiger partial charge in [-0.15, -0.1) is 26.3 Å². The first-order chi connectivity index (χ1) is 56.1. The fourth-order valence-electron chi connectivity index (χ4n) is 13.4. The molecule has 0 atom stereocenters. The third kappa shape index (κ3) is 12.7. The molecule has 0 N–H and O–H groups in total. The minimum absolute atomic E-state index is 0.0166. The van der Waals surface area contributed by atoms with Crippen molar-refractivity contribution >= 4 is 67.2 Å². The average Bonchev–Trinajstić information content (AvgIpc) is 1.53. The van der Waals surface area contributed by atoms with Gasteiger partial charge in [0.15, 0.2) is 17.2 Å². The molecule has 5 aromatic rings. The van der Waals surface area contributed by atoms with Gasteiger partial charge in [-0.1, -0.05) is 60.7 Å². The molecule has 6 aliphatic carbocycles. The molecule has 0 amide bonds. The van der Waals surface area contributed by atoms with Crippen LogP contribution in [0.1, 0.15) is 77.9 Å². The van der Waals surface area contributed by atoms with Gasteiger partial charge in [0.25, 0.3) is 28.5 Å².